The van der Waals surface area contributed by atoms with E-state index in [-0.39, 0.29) is 5.91 Å². The molecule has 0 radical (unpaired) electrons. The van der Waals surface area contributed by atoms with E-state index < -0.39 is 6.04 Å². The minimum Gasteiger partial charge on any atom is -0.333 e. The number of nitrogens with two attached hydrogens (primary N) is 1. The van der Waals surface area contributed by atoms with E-state index in [1.54, 1.807) is 0 Å². The van der Waals surface area contributed by atoms with Crippen LogP contribution in [0.25, 0.3) is 12.2 Å². The maximum Gasteiger partial charge on any atom is 0.240 e. The normalized spacial score (nSPS) is 14.2. The van der Waals surface area contributed by atoms with Crippen molar-refractivity contribution in [3.63, 3.8) is 0 Å². The lowest BCUT2D eigenvalue weighted by atomic mass is 10.0. The SMILES string of the molecule is NC(Cc1ccc(C=Cc2ccccc2)cc1Cl)C(=O)N1Cc2ccccc2C1. The molecule has 0 aliphatic carbocycles. The van der Waals surface area contributed by atoms with Crippen LogP contribution in [-0.2, 0) is 24.3 Å². The molecule has 146 valence electrons. The molecule has 29 heavy (non-hydrogen) atoms. The molecule has 0 bridgehead atoms. The summed E-state index contributed by atoms with van der Waals surface area (Å²) in [5.41, 5.74) is 11.7. The van der Waals surface area contributed by atoms with Crippen LogP contribution in [0, 0.1) is 0 Å². The fourth-order valence-electron chi connectivity index (χ4n) is 3.64. The van der Waals surface area contributed by atoms with E-state index in [1.807, 2.05) is 77.7 Å². The van der Waals surface area contributed by atoms with Crippen LogP contribution in [0.5, 0.6) is 0 Å². The molecule has 4 heteroatoms. The predicted octanol–water partition coefficient (Wildman–Crippen LogP) is 4.92. The number of amides is 1. The van der Waals surface area contributed by atoms with Gasteiger partial charge in [-0.2, -0.15) is 0 Å². The number of carbonyl (C=O) groups excluding carboxylic acids is 1. The molecule has 1 heterocycles. The molecule has 1 unspecified atom stereocenters. The Kier molecular flexibility index (Phi) is 5.79. The highest BCUT2D eigenvalue weighted by Gasteiger charge is 2.27. The van der Waals surface area contributed by atoms with Gasteiger partial charge in [-0.15, -0.1) is 0 Å². The lowest BCUT2D eigenvalue weighted by Crippen LogP contribution is -2.42. The molecule has 1 atom stereocenters. The van der Waals surface area contributed by atoms with Crippen molar-refractivity contribution in [1.82, 2.24) is 4.90 Å². The van der Waals surface area contributed by atoms with Crippen molar-refractivity contribution in [2.75, 3.05) is 0 Å². The van der Waals surface area contributed by atoms with Gasteiger partial charge in [0.1, 0.15) is 0 Å². The Hall–Kier alpha value is -2.88. The minimum absolute atomic E-state index is 0.0367. The highest BCUT2D eigenvalue weighted by molar-refractivity contribution is 6.31. The number of hydrogen-bond donors (Lipinski definition) is 1. The fraction of sp³-hybridized carbons (Fsp3) is 0.160. The van der Waals surface area contributed by atoms with Crippen LogP contribution in [0.1, 0.15) is 27.8 Å². The van der Waals surface area contributed by atoms with Gasteiger partial charge in [0.25, 0.3) is 0 Å². The molecular weight excluding hydrogens is 380 g/mol. The Morgan fingerprint density at radius 3 is 2.21 bits per heavy atom. The number of halogens is 1. The third-order valence-corrected chi connectivity index (χ3v) is 5.61. The molecule has 3 aromatic rings. The summed E-state index contributed by atoms with van der Waals surface area (Å²) < 4.78 is 0. The number of nitrogens with zero attached hydrogens (tertiary/aromatic N) is 1. The maximum absolute atomic E-state index is 12.8. The summed E-state index contributed by atoms with van der Waals surface area (Å²) in [7, 11) is 0. The van der Waals surface area contributed by atoms with Crippen molar-refractivity contribution in [1.29, 1.82) is 0 Å². The highest BCUT2D eigenvalue weighted by atomic mass is 35.5. The Morgan fingerprint density at radius 2 is 1.55 bits per heavy atom. The van der Waals surface area contributed by atoms with Crippen molar-refractivity contribution in [2.45, 2.75) is 25.6 Å². The molecule has 4 rings (SSSR count). The number of fused-ring (bicyclic) bond motifs is 1. The molecule has 1 amide bonds. The van der Waals surface area contributed by atoms with Crippen LogP contribution < -0.4 is 5.73 Å². The average Bonchev–Trinajstić information content (AvgIpc) is 3.18. The molecular formula is C25H23ClN2O. The number of rotatable bonds is 5. The first kappa shape index (κ1) is 19.4. The van der Waals surface area contributed by atoms with Gasteiger partial charge in [-0.1, -0.05) is 90.5 Å². The minimum atomic E-state index is -0.604. The summed E-state index contributed by atoms with van der Waals surface area (Å²) in [6.45, 7) is 1.25. The molecule has 0 saturated heterocycles. The summed E-state index contributed by atoms with van der Waals surface area (Å²) >= 11 is 6.48. The van der Waals surface area contributed by atoms with Crippen molar-refractivity contribution in [2.24, 2.45) is 5.73 Å². The van der Waals surface area contributed by atoms with E-state index in [1.165, 1.54) is 11.1 Å². The lowest BCUT2D eigenvalue weighted by molar-refractivity contribution is -0.133. The first-order valence-corrected chi connectivity index (χ1v) is 10.1. The van der Waals surface area contributed by atoms with E-state index in [9.17, 15) is 4.79 Å². The molecule has 2 N–H and O–H groups in total. The van der Waals surface area contributed by atoms with E-state index >= 15 is 0 Å². The number of hydrogen-bond acceptors (Lipinski definition) is 2. The van der Waals surface area contributed by atoms with E-state index in [2.05, 4.69) is 12.1 Å². The lowest BCUT2D eigenvalue weighted by Gasteiger charge is -2.20. The zero-order chi connectivity index (χ0) is 20.2. The Morgan fingerprint density at radius 1 is 0.931 bits per heavy atom. The van der Waals surface area contributed by atoms with Gasteiger partial charge in [0.2, 0.25) is 5.91 Å². The van der Waals surface area contributed by atoms with Crippen LogP contribution in [0.4, 0.5) is 0 Å². The van der Waals surface area contributed by atoms with Crippen LogP contribution in [0.2, 0.25) is 5.02 Å². The first-order valence-electron chi connectivity index (χ1n) is 9.73. The van der Waals surface area contributed by atoms with Crippen molar-refractivity contribution in [3.8, 4) is 0 Å². The maximum atomic E-state index is 12.8. The fourth-order valence-corrected chi connectivity index (χ4v) is 3.90. The van der Waals surface area contributed by atoms with E-state index in [4.69, 9.17) is 17.3 Å². The van der Waals surface area contributed by atoms with Gasteiger partial charge in [-0.3, -0.25) is 4.79 Å². The van der Waals surface area contributed by atoms with Gasteiger partial charge in [0, 0.05) is 18.1 Å². The van der Waals surface area contributed by atoms with Crippen LogP contribution in [0.15, 0.2) is 72.8 Å². The molecule has 0 aromatic heterocycles. The number of benzene rings is 3. The van der Waals surface area contributed by atoms with Crippen molar-refractivity contribution >= 4 is 29.7 Å². The van der Waals surface area contributed by atoms with Crippen LogP contribution >= 0.6 is 11.6 Å². The van der Waals surface area contributed by atoms with Gasteiger partial charge in [-0.05, 0) is 40.3 Å². The monoisotopic (exact) mass is 402 g/mol. The van der Waals surface area contributed by atoms with Gasteiger partial charge < -0.3 is 10.6 Å². The highest BCUT2D eigenvalue weighted by Crippen LogP contribution is 2.25. The van der Waals surface area contributed by atoms with Crippen LogP contribution in [0.3, 0.4) is 0 Å². The smallest absolute Gasteiger partial charge is 0.240 e. The van der Waals surface area contributed by atoms with Crippen molar-refractivity contribution in [3.05, 3.63) is 106 Å². The molecule has 3 aromatic carbocycles. The predicted molar refractivity (Wildman–Crippen MR) is 119 cm³/mol. The second-order valence-corrected chi connectivity index (χ2v) is 7.78. The second kappa shape index (κ2) is 8.64. The average molecular weight is 403 g/mol. The molecule has 1 aliphatic rings. The topological polar surface area (TPSA) is 46.3 Å². The Labute approximate surface area is 176 Å². The number of carbonyl (C=O) groups is 1. The quantitative estimate of drug-likeness (QED) is 0.615. The molecule has 0 spiro atoms. The third-order valence-electron chi connectivity index (χ3n) is 5.25. The zero-order valence-electron chi connectivity index (χ0n) is 16.1. The summed E-state index contributed by atoms with van der Waals surface area (Å²) in [6, 6.07) is 23.5. The van der Waals surface area contributed by atoms with Gasteiger partial charge in [0.15, 0.2) is 0 Å². The second-order valence-electron chi connectivity index (χ2n) is 7.37. The summed E-state index contributed by atoms with van der Waals surface area (Å²) in [5.74, 6) is -0.0367. The zero-order valence-corrected chi connectivity index (χ0v) is 16.8. The van der Waals surface area contributed by atoms with E-state index in [0.717, 1.165) is 16.7 Å². The molecule has 1 aliphatic heterocycles. The summed E-state index contributed by atoms with van der Waals surface area (Å²) in [5, 5.41) is 0.633. The van der Waals surface area contributed by atoms with Gasteiger partial charge >= 0.3 is 0 Å². The third kappa shape index (κ3) is 4.58. The first-order chi connectivity index (χ1) is 14.1. The van der Waals surface area contributed by atoms with Crippen molar-refractivity contribution < 1.29 is 4.79 Å². The summed E-state index contributed by atoms with van der Waals surface area (Å²) in [4.78, 5) is 14.6. The van der Waals surface area contributed by atoms with E-state index in [0.29, 0.717) is 24.5 Å². The molecule has 0 saturated carbocycles. The van der Waals surface area contributed by atoms with Gasteiger partial charge in [-0.25, -0.2) is 0 Å². The van der Waals surface area contributed by atoms with Crippen LogP contribution in [-0.4, -0.2) is 16.8 Å². The van der Waals surface area contributed by atoms with Gasteiger partial charge in [0.05, 0.1) is 6.04 Å². The standard InChI is InChI=1S/C25H23ClN2O/c26-23-14-19(11-10-18-6-2-1-3-7-18)12-13-20(23)15-24(27)25(29)28-16-21-8-4-5-9-22(21)17-28/h1-14,24H,15-17,27H2. The molecule has 3 nitrogen and oxygen atoms in total. The Bertz CT molecular complexity index is 1020. The summed E-state index contributed by atoms with van der Waals surface area (Å²) in [6.07, 6.45) is 4.50. The Balaban J connectivity index is 1.40. The molecule has 0 fully saturated rings. The largest absolute Gasteiger partial charge is 0.333 e.